The number of unbranched alkanes of at least 4 members (excludes halogenated alkanes) is 6. The van der Waals surface area contributed by atoms with Crippen molar-refractivity contribution < 1.29 is 139 Å². The van der Waals surface area contributed by atoms with Crippen molar-refractivity contribution in [3.63, 3.8) is 0 Å². The molecule has 6 N–H and O–H groups in total. The minimum atomic E-state index is -0.777. The van der Waals surface area contributed by atoms with E-state index in [2.05, 4.69) is 78.0 Å². The van der Waals surface area contributed by atoms with E-state index in [1.807, 2.05) is 13.8 Å². The van der Waals surface area contributed by atoms with Gasteiger partial charge in [0.2, 0.25) is 76.8 Å². The molecule has 0 radical (unpaired) electrons. The van der Waals surface area contributed by atoms with Crippen molar-refractivity contribution >= 4 is 125 Å². The summed E-state index contributed by atoms with van der Waals surface area (Å²) in [5.41, 5.74) is 2.43. The molecule has 0 aromatic heterocycles. The molecule has 0 aromatic carbocycles. The fourth-order valence-corrected chi connectivity index (χ4v) is 14.0. The van der Waals surface area contributed by atoms with Crippen molar-refractivity contribution in [3.05, 3.63) is 173 Å². The third-order valence-electron chi connectivity index (χ3n) is 23.5. The molecule has 824 valence electrons. The highest BCUT2D eigenvalue weighted by molar-refractivity contribution is 6.05. The first-order chi connectivity index (χ1) is 71.3. The van der Waals surface area contributed by atoms with E-state index in [9.17, 15) is 101 Å². The number of hydrogen-bond donors (Lipinski definition) is 6. The van der Waals surface area contributed by atoms with E-state index in [1.54, 1.807) is 105 Å². The maximum Gasteiger partial charge on any atom is 0.333 e. The molecule has 0 aromatic rings. The van der Waals surface area contributed by atoms with E-state index in [4.69, 9.17) is 37.9 Å². The maximum absolute atomic E-state index is 11.9. The van der Waals surface area contributed by atoms with Crippen LogP contribution in [0.5, 0.6) is 0 Å². The van der Waals surface area contributed by atoms with Gasteiger partial charge in [0.15, 0.2) is 0 Å². The van der Waals surface area contributed by atoms with E-state index in [0.29, 0.717) is 204 Å². The zero-order chi connectivity index (χ0) is 112. The number of nitrogens with one attached hydrogen (secondary N) is 6. The standard InChI is InChI=1S/C16H25N3O3.C16H24N2O4.C16H23NO5.C15H23N3O3.C15H22N2O4.C15H21NO5.C14H19NO5/c1-4-12(3)14(20)17-9-6-7-10-18-15(21)13-8-11-19(5-2)16(13)22;1-4-12(3)14(19)17-9-6-7-11-22-16(21)13-8-10-18(5-2)15(13)20;1-4-12(3)15(19)21-10-6-7-11-22-16(20)13-8-9-17(5-2)14(13)18;1-3-7-13(19)16-9-5-6-10-17-14(20)12-8-11-18(4-2)15(12)21;1-3-7-13(18)16-9-5-6-11-21-15(20)12-8-10-17(4-2)14(12)19;1-3-7-13(17)20-10-5-6-11-21-15(19)12-8-9-16(4-2)14(12)18;1-4-10(3)13(17)19-8-9-20-14(18)11-6-7-15(5-2)12(11)16/h4-5,13H,2,6-11H2,1,3H3,(H,17,20)(H,18,21);4-5,13H,2,6-11H2,1,3H3,(H,17,19);4-5,13H,2,6-11H2,1,3H3;3-4,7,12H,2,5-6,8-11H2,1H3,(H,16,19)(H,17,20);3-4,7,12H,2,5-6,8-11H2,1H3,(H,16,18);3-4,7,12H,2,5-6,8-11H2,1H3;4-5,11H,2,6-9H2,1,3H3/b3*12-4-;3*7-3-;10-4-. The molecule has 0 saturated carbocycles. The lowest BCUT2D eigenvalue weighted by molar-refractivity contribution is -0.156. The average molecular weight is 2090 g/mol. The number of carbonyl (C=O) groups excluding carboxylic acids is 21. The quantitative estimate of drug-likeness (QED) is 0.0110. The summed E-state index contributed by atoms with van der Waals surface area (Å²) < 4.78 is 40.1. The molecule has 7 saturated heterocycles. The Kier molecular flexibility index (Phi) is 68.9. The summed E-state index contributed by atoms with van der Waals surface area (Å²) in [5, 5.41) is 16.6. The lowest BCUT2D eigenvalue weighted by Crippen LogP contribution is -2.36. The van der Waals surface area contributed by atoms with Gasteiger partial charge in [0.25, 0.3) is 0 Å². The number of amides is 13. The van der Waals surface area contributed by atoms with Crippen LogP contribution in [0.25, 0.3) is 0 Å². The molecular weight excluding hydrogens is 1930 g/mol. The molecular formula is C107H157N13O29. The number of rotatable bonds is 54. The predicted molar refractivity (Wildman–Crippen MR) is 553 cm³/mol. The van der Waals surface area contributed by atoms with Crippen LogP contribution in [-0.4, -0.2) is 297 Å². The van der Waals surface area contributed by atoms with Gasteiger partial charge in [-0.2, -0.15) is 0 Å². The second-order valence-corrected chi connectivity index (χ2v) is 34.0. The van der Waals surface area contributed by atoms with Crippen molar-refractivity contribution in [3.8, 4) is 0 Å². The van der Waals surface area contributed by atoms with Crippen LogP contribution in [0.15, 0.2) is 173 Å². The largest absolute Gasteiger partial charge is 0.465 e. The molecule has 7 heterocycles. The SMILES string of the molecule is C=CN1CCC(C(=O)NCCCCNC(=O)/C(C)=C\C)C1=O.C=CN1CCC(C(=O)NCCCCNC(=O)/C=C\C)C1=O.C=CN1CCC(C(=O)OCCCCNC(=O)/C(C)=C\C)C1=O.C=CN1CCC(C(=O)OCCCCNC(=O)/C=C\C)C1=O.C=CN1CCC(C(=O)OCCCCOC(=O)/C(C)=C\C)C1=O.C=CN1CCC(C(=O)OCCCCOC(=O)/C=C\C)C1=O.C=CN1CCC(C(=O)OCCOC(=O)/C(C)=C\C)C1=O. The number of likely N-dealkylation sites (tertiary alicyclic amines) is 7. The van der Waals surface area contributed by atoms with Crippen LogP contribution in [0.1, 0.15) is 198 Å². The van der Waals surface area contributed by atoms with Gasteiger partial charge in [0.05, 0.1) is 39.6 Å². The first-order valence-corrected chi connectivity index (χ1v) is 50.3. The van der Waals surface area contributed by atoms with E-state index in [1.165, 1.54) is 95.9 Å². The molecule has 0 spiro atoms. The van der Waals surface area contributed by atoms with Crippen LogP contribution in [0.3, 0.4) is 0 Å². The third kappa shape index (κ3) is 50.9. The molecule has 0 aliphatic carbocycles. The Morgan fingerprint density at radius 1 is 0.255 bits per heavy atom. The predicted octanol–water partition coefficient (Wildman–Crippen LogP) is 8.17. The van der Waals surface area contributed by atoms with Crippen LogP contribution in [0.4, 0.5) is 0 Å². The number of carbonyl (C=O) groups is 21. The van der Waals surface area contributed by atoms with Gasteiger partial charge in [-0.1, -0.05) is 88.6 Å². The molecule has 42 heteroatoms. The van der Waals surface area contributed by atoms with Gasteiger partial charge in [-0.05, 0) is 254 Å². The Hall–Kier alpha value is -14.8. The van der Waals surface area contributed by atoms with E-state index < -0.39 is 77.2 Å². The first-order valence-electron chi connectivity index (χ1n) is 50.3. The summed E-state index contributed by atoms with van der Waals surface area (Å²) in [7, 11) is 0. The molecule has 0 bridgehead atoms. The number of allylic oxidation sites excluding steroid dienone is 7. The molecule has 7 aliphatic rings. The Bertz CT molecular complexity index is 4380. The highest BCUT2D eigenvalue weighted by Gasteiger charge is 2.43. The minimum Gasteiger partial charge on any atom is -0.465 e. The summed E-state index contributed by atoms with van der Waals surface area (Å²) in [6.45, 7) is 52.2. The molecule has 13 amide bonds. The van der Waals surface area contributed by atoms with Crippen molar-refractivity contribution in [2.75, 3.05) is 138 Å². The monoisotopic (exact) mass is 2090 g/mol. The van der Waals surface area contributed by atoms with Gasteiger partial charge in [-0.3, -0.25) is 86.3 Å². The zero-order valence-electron chi connectivity index (χ0n) is 88.6. The number of hydrogen-bond acceptors (Lipinski definition) is 29. The van der Waals surface area contributed by atoms with Gasteiger partial charge in [0, 0.05) is 113 Å². The van der Waals surface area contributed by atoms with E-state index in [-0.39, 0.29) is 142 Å². The van der Waals surface area contributed by atoms with Crippen molar-refractivity contribution in [2.24, 2.45) is 41.4 Å². The van der Waals surface area contributed by atoms with Gasteiger partial charge in [0.1, 0.15) is 54.6 Å². The van der Waals surface area contributed by atoms with Crippen LogP contribution < -0.4 is 31.9 Å². The van der Waals surface area contributed by atoms with Crippen molar-refractivity contribution in [2.45, 2.75) is 198 Å². The van der Waals surface area contributed by atoms with Gasteiger partial charge in [-0.25, -0.2) is 14.4 Å². The van der Waals surface area contributed by atoms with Crippen LogP contribution in [0.2, 0.25) is 0 Å². The third-order valence-corrected chi connectivity index (χ3v) is 23.5. The average Bonchev–Trinajstić information content (AvgIpc) is 1.74. The number of esters is 8. The number of ether oxygens (including phenoxy) is 8. The fraction of sp³-hybridized carbons (Fsp3) is 0.542. The normalized spacial score (nSPS) is 18.3. The minimum absolute atomic E-state index is 0.0260. The molecule has 7 atom stereocenters. The van der Waals surface area contributed by atoms with Crippen LogP contribution in [-0.2, 0) is 139 Å². The van der Waals surface area contributed by atoms with Gasteiger partial charge in [-0.15, -0.1) is 0 Å². The van der Waals surface area contributed by atoms with Gasteiger partial charge >= 0.3 is 47.8 Å². The Balaban J connectivity index is 0.000000869. The second-order valence-electron chi connectivity index (χ2n) is 34.0. The summed E-state index contributed by atoms with van der Waals surface area (Å²) in [5.74, 6) is -10.9. The summed E-state index contributed by atoms with van der Waals surface area (Å²) in [4.78, 5) is 254. The maximum atomic E-state index is 11.9. The van der Waals surface area contributed by atoms with Crippen molar-refractivity contribution in [1.29, 1.82) is 0 Å². The Labute approximate surface area is 875 Å². The van der Waals surface area contributed by atoms with E-state index >= 15 is 0 Å². The Morgan fingerprint density at radius 2 is 0.456 bits per heavy atom. The topological polar surface area (TPSA) is 527 Å². The highest BCUT2D eigenvalue weighted by atomic mass is 16.6. The Morgan fingerprint density at radius 3 is 0.705 bits per heavy atom. The molecule has 149 heavy (non-hydrogen) atoms. The smallest absolute Gasteiger partial charge is 0.333 e. The van der Waals surface area contributed by atoms with Gasteiger partial charge < -0.3 is 104 Å². The molecule has 7 unspecified atom stereocenters. The summed E-state index contributed by atoms with van der Waals surface area (Å²) in [6, 6.07) is 0. The highest BCUT2D eigenvalue weighted by Crippen LogP contribution is 2.26. The molecule has 7 fully saturated rings. The first kappa shape index (κ1) is 132. The summed E-state index contributed by atoms with van der Waals surface area (Å²) >= 11 is 0. The van der Waals surface area contributed by atoms with Crippen molar-refractivity contribution in [1.82, 2.24) is 66.2 Å². The lowest BCUT2D eigenvalue weighted by Gasteiger charge is -2.11. The van der Waals surface area contributed by atoms with E-state index in [0.717, 1.165) is 25.7 Å². The molecule has 7 rings (SSSR count). The fourth-order valence-electron chi connectivity index (χ4n) is 14.0. The zero-order valence-corrected chi connectivity index (χ0v) is 88.6. The van der Waals surface area contributed by atoms with Crippen LogP contribution in [0, 0.1) is 41.4 Å². The molecule has 7 aliphatic heterocycles. The molecule has 42 nitrogen and oxygen atoms in total. The van der Waals surface area contributed by atoms with Crippen LogP contribution >= 0.6 is 0 Å². The second kappa shape index (κ2) is 77.6. The summed E-state index contributed by atoms with van der Waals surface area (Å²) in [6.07, 6.45) is 37.7. The number of nitrogens with zero attached hydrogens (tertiary/aromatic N) is 7. The lowest BCUT2D eigenvalue weighted by atomic mass is 10.1.